The summed E-state index contributed by atoms with van der Waals surface area (Å²) in [5.41, 5.74) is 1.24. The molecule has 2 amide bonds. The standard InChI is InChI=1S/C16H22N2O3/c1-12(9-10-13-6-3-2-4-7-13)17-16(21)18-11-5-8-14(18)15(19)20/h2-4,6-7,12,14H,5,8-11H2,1H3,(H,17,21)(H,19,20)/t12?,14-/m1/s1. The third kappa shape index (κ3) is 4.21. The maximum Gasteiger partial charge on any atom is 0.326 e. The SMILES string of the molecule is CC(CCc1ccccc1)NC(=O)N1CCC[C@@H]1C(=O)O. The average molecular weight is 290 g/mol. The van der Waals surface area contributed by atoms with Crippen molar-refractivity contribution in [3.05, 3.63) is 35.9 Å². The Morgan fingerprint density at radius 1 is 1.38 bits per heavy atom. The number of hydrogen-bond donors (Lipinski definition) is 2. The van der Waals surface area contributed by atoms with Crippen LogP contribution in [0.1, 0.15) is 31.7 Å². The number of benzene rings is 1. The van der Waals surface area contributed by atoms with Gasteiger partial charge in [0, 0.05) is 12.6 Å². The highest BCUT2D eigenvalue weighted by Gasteiger charge is 2.34. The second kappa shape index (κ2) is 7.11. The van der Waals surface area contributed by atoms with E-state index in [2.05, 4.69) is 17.4 Å². The van der Waals surface area contributed by atoms with E-state index in [0.29, 0.717) is 13.0 Å². The fourth-order valence-electron chi connectivity index (χ4n) is 2.66. The second-order valence-corrected chi connectivity index (χ2v) is 5.56. The maximum atomic E-state index is 12.1. The number of hydrogen-bond acceptors (Lipinski definition) is 2. The number of carbonyl (C=O) groups is 2. The lowest BCUT2D eigenvalue weighted by Gasteiger charge is -2.24. The number of urea groups is 1. The molecule has 2 rings (SSSR count). The minimum absolute atomic E-state index is 0.0211. The normalized spacial score (nSPS) is 19.3. The van der Waals surface area contributed by atoms with Crippen LogP contribution in [0.5, 0.6) is 0 Å². The van der Waals surface area contributed by atoms with Crippen molar-refractivity contribution in [1.82, 2.24) is 10.2 Å². The molecule has 0 spiro atoms. The van der Waals surface area contributed by atoms with Crippen LogP contribution in [-0.4, -0.2) is 40.6 Å². The van der Waals surface area contributed by atoms with E-state index in [4.69, 9.17) is 5.11 Å². The Hall–Kier alpha value is -2.04. The van der Waals surface area contributed by atoms with Crippen molar-refractivity contribution in [3.63, 3.8) is 0 Å². The first kappa shape index (κ1) is 15.4. The van der Waals surface area contributed by atoms with Crippen LogP contribution in [-0.2, 0) is 11.2 Å². The van der Waals surface area contributed by atoms with Crippen LogP contribution in [0, 0.1) is 0 Å². The molecule has 1 aromatic carbocycles. The monoisotopic (exact) mass is 290 g/mol. The van der Waals surface area contributed by atoms with Gasteiger partial charge in [0.05, 0.1) is 0 Å². The lowest BCUT2D eigenvalue weighted by Crippen LogP contribution is -2.48. The van der Waals surface area contributed by atoms with E-state index in [1.807, 2.05) is 25.1 Å². The summed E-state index contributed by atoms with van der Waals surface area (Å²) in [6, 6.07) is 9.19. The molecule has 21 heavy (non-hydrogen) atoms. The van der Waals surface area contributed by atoms with E-state index in [0.717, 1.165) is 19.3 Å². The summed E-state index contributed by atoms with van der Waals surface area (Å²) in [4.78, 5) is 24.7. The summed E-state index contributed by atoms with van der Waals surface area (Å²) < 4.78 is 0. The molecule has 1 aliphatic heterocycles. The van der Waals surface area contributed by atoms with Gasteiger partial charge >= 0.3 is 12.0 Å². The second-order valence-electron chi connectivity index (χ2n) is 5.56. The molecule has 0 saturated carbocycles. The summed E-state index contributed by atoms with van der Waals surface area (Å²) in [5.74, 6) is -0.917. The van der Waals surface area contributed by atoms with Gasteiger partial charge in [-0.3, -0.25) is 0 Å². The molecule has 5 nitrogen and oxygen atoms in total. The highest BCUT2D eigenvalue weighted by atomic mass is 16.4. The van der Waals surface area contributed by atoms with Gasteiger partial charge in [-0.05, 0) is 38.2 Å². The minimum atomic E-state index is -0.917. The first-order chi connectivity index (χ1) is 10.1. The quantitative estimate of drug-likeness (QED) is 0.874. The number of carboxylic acid groups (broad SMARTS) is 1. The van der Waals surface area contributed by atoms with E-state index < -0.39 is 12.0 Å². The number of nitrogens with one attached hydrogen (secondary N) is 1. The number of nitrogens with zero attached hydrogens (tertiary/aromatic N) is 1. The molecule has 0 radical (unpaired) electrons. The zero-order valence-electron chi connectivity index (χ0n) is 12.3. The third-order valence-electron chi connectivity index (χ3n) is 3.88. The predicted molar refractivity (Wildman–Crippen MR) is 80.1 cm³/mol. The highest BCUT2D eigenvalue weighted by molar-refractivity contribution is 5.83. The molecule has 0 aromatic heterocycles. The maximum absolute atomic E-state index is 12.1. The third-order valence-corrected chi connectivity index (χ3v) is 3.88. The van der Waals surface area contributed by atoms with Crippen LogP contribution in [0.4, 0.5) is 4.79 Å². The molecule has 2 atom stereocenters. The fourth-order valence-corrected chi connectivity index (χ4v) is 2.66. The van der Waals surface area contributed by atoms with Crippen molar-refractivity contribution in [3.8, 4) is 0 Å². The van der Waals surface area contributed by atoms with Crippen molar-refractivity contribution >= 4 is 12.0 Å². The van der Waals surface area contributed by atoms with Crippen LogP contribution >= 0.6 is 0 Å². The molecule has 114 valence electrons. The van der Waals surface area contributed by atoms with Crippen molar-refractivity contribution in [2.75, 3.05) is 6.54 Å². The van der Waals surface area contributed by atoms with Crippen LogP contribution in [0.3, 0.4) is 0 Å². The van der Waals surface area contributed by atoms with E-state index in [-0.39, 0.29) is 12.1 Å². The molecule has 1 heterocycles. The zero-order chi connectivity index (χ0) is 15.2. The van der Waals surface area contributed by atoms with E-state index >= 15 is 0 Å². The lowest BCUT2D eigenvalue weighted by molar-refractivity contribution is -0.141. The molecule has 2 N–H and O–H groups in total. The van der Waals surface area contributed by atoms with Gasteiger partial charge in [0.15, 0.2) is 0 Å². The van der Waals surface area contributed by atoms with Crippen LogP contribution in [0.15, 0.2) is 30.3 Å². The smallest absolute Gasteiger partial charge is 0.326 e. The first-order valence-electron chi connectivity index (χ1n) is 7.42. The Morgan fingerprint density at radius 3 is 2.76 bits per heavy atom. The number of carbonyl (C=O) groups excluding carboxylic acids is 1. The Balaban J connectivity index is 1.80. The highest BCUT2D eigenvalue weighted by Crippen LogP contribution is 2.17. The van der Waals surface area contributed by atoms with E-state index in [1.165, 1.54) is 10.5 Å². The molecule has 0 aliphatic carbocycles. The number of rotatable bonds is 5. The van der Waals surface area contributed by atoms with Gasteiger partial charge in [-0.1, -0.05) is 30.3 Å². The average Bonchev–Trinajstić information content (AvgIpc) is 2.96. The molecular formula is C16H22N2O3. The van der Waals surface area contributed by atoms with Crippen molar-refractivity contribution in [2.45, 2.75) is 44.7 Å². The Kier molecular flexibility index (Phi) is 5.20. The van der Waals surface area contributed by atoms with Gasteiger partial charge in [-0.25, -0.2) is 9.59 Å². The molecule has 1 aliphatic rings. The summed E-state index contributed by atoms with van der Waals surface area (Å²) >= 11 is 0. The van der Waals surface area contributed by atoms with Gasteiger partial charge in [0.25, 0.3) is 0 Å². The number of likely N-dealkylation sites (tertiary alicyclic amines) is 1. The van der Waals surface area contributed by atoms with Gasteiger partial charge in [-0.2, -0.15) is 0 Å². The van der Waals surface area contributed by atoms with Gasteiger partial charge < -0.3 is 15.3 Å². The van der Waals surface area contributed by atoms with Crippen molar-refractivity contribution in [2.24, 2.45) is 0 Å². The molecule has 1 unspecified atom stereocenters. The number of amides is 2. The molecule has 1 fully saturated rings. The summed E-state index contributed by atoms with van der Waals surface area (Å²) in [7, 11) is 0. The van der Waals surface area contributed by atoms with E-state index in [9.17, 15) is 9.59 Å². The molecule has 1 saturated heterocycles. The Bertz CT molecular complexity index is 490. The Morgan fingerprint density at radius 2 is 2.10 bits per heavy atom. The van der Waals surface area contributed by atoms with Gasteiger partial charge in [-0.15, -0.1) is 0 Å². The first-order valence-corrected chi connectivity index (χ1v) is 7.42. The van der Waals surface area contributed by atoms with Crippen molar-refractivity contribution < 1.29 is 14.7 Å². The molecular weight excluding hydrogens is 268 g/mol. The fraction of sp³-hybridized carbons (Fsp3) is 0.500. The van der Waals surface area contributed by atoms with E-state index in [1.54, 1.807) is 0 Å². The zero-order valence-corrected chi connectivity index (χ0v) is 12.3. The predicted octanol–water partition coefficient (Wildman–Crippen LogP) is 2.27. The summed E-state index contributed by atoms with van der Waals surface area (Å²) in [5, 5.41) is 12.0. The molecule has 1 aromatic rings. The molecule has 0 bridgehead atoms. The summed E-state index contributed by atoms with van der Waals surface area (Å²) in [6.07, 6.45) is 3.02. The Labute approximate surface area is 125 Å². The van der Waals surface area contributed by atoms with Gasteiger partial charge in [0.1, 0.15) is 6.04 Å². The lowest BCUT2D eigenvalue weighted by atomic mass is 10.1. The summed E-state index contributed by atoms with van der Waals surface area (Å²) in [6.45, 7) is 2.47. The van der Waals surface area contributed by atoms with Crippen molar-refractivity contribution in [1.29, 1.82) is 0 Å². The van der Waals surface area contributed by atoms with Crippen LogP contribution in [0.25, 0.3) is 0 Å². The topological polar surface area (TPSA) is 69.6 Å². The number of aryl methyl sites for hydroxylation is 1. The molecule has 5 heteroatoms. The largest absolute Gasteiger partial charge is 0.480 e. The van der Waals surface area contributed by atoms with Crippen LogP contribution < -0.4 is 5.32 Å². The van der Waals surface area contributed by atoms with Crippen LogP contribution in [0.2, 0.25) is 0 Å². The number of aliphatic carboxylic acids is 1. The van der Waals surface area contributed by atoms with Gasteiger partial charge in [0.2, 0.25) is 0 Å². The minimum Gasteiger partial charge on any atom is -0.480 e. The number of carboxylic acids is 1.